The predicted molar refractivity (Wildman–Crippen MR) is 66.0 cm³/mol. The number of hydrogen-bond acceptors (Lipinski definition) is 3. The van der Waals surface area contributed by atoms with Crippen LogP contribution in [0.25, 0.3) is 0 Å². The van der Waals surface area contributed by atoms with Crippen LogP contribution in [0.5, 0.6) is 0 Å². The van der Waals surface area contributed by atoms with Crippen molar-refractivity contribution in [1.82, 2.24) is 10.1 Å². The minimum atomic E-state index is -0.852. The molecule has 0 N–H and O–H groups in total. The summed E-state index contributed by atoms with van der Waals surface area (Å²) in [6, 6.07) is 2.94. The fraction of sp³-hybridized carbons (Fsp3) is 0.286. The first kappa shape index (κ1) is 12.8. The molecule has 3 rings (SSSR count). The third kappa shape index (κ3) is 2.07. The van der Waals surface area contributed by atoms with Crippen LogP contribution in [0.15, 0.2) is 22.7 Å². The van der Waals surface area contributed by atoms with E-state index in [0.29, 0.717) is 24.8 Å². The maximum absolute atomic E-state index is 13.6. The fourth-order valence-electron chi connectivity index (χ4n) is 2.39. The molecule has 20 heavy (non-hydrogen) atoms. The number of rotatable bonds is 1. The summed E-state index contributed by atoms with van der Waals surface area (Å²) in [5.74, 6) is -1.40. The van der Waals surface area contributed by atoms with Gasteiger partial charge in [-0.2, -0.15) is 0 Å². The molecule has 104 valence electrons. The van der Waals surface area contributed by atoms with Crippen molar-refractivity contribution >= 4 is 5.91 Å². The van der Waals surface area contributed by atoms with Crippen LogP contribution >= 0.6 is 0 Å². The second-order valence-corrected chi connectivity index (χ2v) is 4.77. The number of aromatic nitrogens is 1. The topological polar surface area (TPSA) is 46.3 Å². The van der Waals surface area contributed by atoms with Gasteiger partial charge in [0.2, 0.25) is 0 Å². The van der Waals surface area contributed by atoms with Crippen LogP contribution < -0.4 is 0 Å². The Hall–Kier alpha value is -2.24. The van der Waals surface area contributed by atoms with E-state index in [1.807, 2.05) is 6.92 Å². The van der Waals surface area contributed by atoms with Gasteiger partial charge in [0.1, 0.15) is 11.6 Å². The summed E-state index contributed by atoms with van der Waals surface area (Å²) < 4.78 is 31.7. The number of nitrogens with zero attached hydrogens (tertiary/aromatic N) is 2. The van der Waals surface area contributed by atoms with Crippen LogP contribution in [0.2, 0.25) is 0 Å². The molecule has 0 fully saturated rings. The molecule has 1 aliphatic rings. The number of fused-ring (bicyclic) bond motifs is 1. The monoisotopic (exact) mass is 278 g/mol. The van der Waals surface area contributed by atoms with Crippen molar-refractivity contribution in [2.24, 2.45) is 0 Å². The zero-order valence-corrected chi connectivity index (χ0v) is 10.8. The smallest absolute Gasteiger partial charge is 0.257 e. The Morgan fingerprint density at radius 2 is 2.20 bits per heavy atom. The second-order valence-electron chi connectivity index (χ2n) is 4.77. The maximum Gasteiger partial charge on any atom is 0.257 e. The van der Waals surface area contributed by atoms with E-state index in [1.165, 1.54) is 4.90 Å². The van der Waals surface area contributed by atoms with Gasteiger partial charge in [0, 0.05) is 18.2 Å². The Balaban J connectivity index is 1.85. The molecule has 2 aromatic rings. The molecule has 0 radical (unpaired) electrons. The van der Waals surface area contributed by atoms with Gasteiger partial charge >= 0.3 is 0 Å². The van der Waals surface area contributed by atoms with Crippen molar-refractivity contribution in [3.05, 3.63) is 52.4 Å². The number of amides is 1. The second kappa shape index (κ2) is 4.70. The van der Waals surface area contributed by atoms with E-state index in [-0.39, 0.29) is 12.1 Å². The molecule has 0 spiro atoms. The summed E-state index contributed by atoms with van der Waals surface area (Å²) in [5, 5.41) is 3.86. The average molecular weight is 278 g/mol. The molecular weight excluding hydrogens is 266 g/mol. The van der Waals surface area contributed by atoms with Crippen LogP contribution in [0, 0.1) is 18.6 Å². The Labute approximate surface area is 114 Å². The van der Waals surface area contributed by atoms with Crippen molar-refractivity contribution in [1.29, 1.82) is 0 Å². The van der Waals surface area contributed by atoms with Gasteiger partial charge in [-0.1, -0.05) is 5.16 Å². The van der Waals surface area contributed by atoms with Gasteiger partial charge in [-0.3, -0.25) is 4.79 Å². The number of hydrogen-bond donors (Lipinski definition) is 0. The lowest BCUT2D eigenvalue weighted by atomic mass is 10.0. The van der Waals surface area contributed by atoms with Crippen LogP contribution in [0.3, 0.4) is 0 Å². The van der Waals surface area contributed by atoms with Gasteiger partial charge < -0.3 is 9.42 Å². The lowest BCUT2D eigenvalue weighted by Gasteiger charge is -2.25. The molecule has 4 nitrogen and oxygen atoms in total. The van der Waals surface area contributed by atoms with Crippen molar-refractivity contribution in [3.63, 3.8) is 0 Å². The van der Waals surface area contributed by atoms with Crippen molar-refractivity contribution < 1.29 is 18.1 Å². The van der Waals surface area contributed by atoms with E-state index in [2.05, 4.69) is 5.16 Å². The summed E-state index contributed by atoms with van der Waals surface area (Å²) in [4.78, 5) is 13.7. The molecular formula is C14H12F2N2O2. The van der Waals surface area contributed by atoms with Crippen LogP contribution in [-0.2, 0) is 13.0 Å². The Bertz CT molecular complexity index is 682. The number of aryl methyl sites for hydroxylation is 1. The molecule has 0 atom stereocenters. The quantitative estimate of drug-likeness (QED) is 0.805. The van der Waals surface area contributed by atoms with Gasteiger partial charge in [0.25, 0.3) is 5.91 Å². The summed E-state index contributed by atoms with van der Waals surface area (Å²) in [5.41, 5.74) is 1.69. The lowest BCUT2D eigenvalue weighted by molar-refractivity contribution is 0.0711. The Morgan fingerprint density at radius 3 is 2.95 bits per heavy atom. The van der Waals surface area contributed by atoms with E-state index in [4.69, 9.17) is 4.52 Å². The highest BCUT2D eigenvalue weighted by Crippen LogP contribution is 2.23. The van der Waals surface area contributed by atoms with Crippen molar-refractivity contribution in [2.75, 3.05) is 6.54 Å². The third-order valence-corrected chi connectivity index (χ3v) is 3.48. The molecule has 1 aromatic carbocycles. The molecule has 0 unspecified atom stereocenters. The minimum Gasteiger partial charge on any atom is -0.359 e. The van der Waals surface area contributed by atoms with Gasteiger partial charge in [-0.05, 0) is 25.5 Å². The van der Waals surface area contributed by atoms with Gasteiger partial charge in [-0.25, -0.2) is 8.78 Å². The van der Waals surface area contributed by atoms with Crippen LogP contribution in [0.4, 0.5) is 8.78 Å². The normalized spacial score (nSPS) is 14.2. The number of carbonyl (C=O) groups excluding carboxylic acids is 1. The number of halogens is 2. The fourth-order valence-corrected chi connectivity index (χ4v) is 2.39. The summed E-state index contributed by atoms with van der Waals surface area (Å²) in [7, 11) is 0. The van der Waals surface area contributed by atoms with Crippen molar-refractivity contribution in [3.8, 4) is 0 Å². The van der Waals surface area contributed by atoms with Crippen LogP contribution in [0.1, 0.15) is 27.4 Å². The highest BCUT2D eigenvalue weighted by atomic mass is 19.1. The summed E-state index contributed by atoms with van der Waals surface area (Å²) in [6.45, 7) is 2.57. The molecule has 1 aromatic heterocycles. The molecule has 0 aliphatic carbocycles. The summed E-state index contributed by atoms with van der Waals surface area (Å²) in [6.07, 6.45) is 0.624. The Kier molecular flexibility index (Phi) is 3.00. The van der Waals surface area contributed by atoms with Crippen molar-refractivity contribution in [2.45, 2.75) is 19.9 Å². The molecule has 0 saturated carbocycles. The molecule has 0 bridgehead atoms. The van der Waals surface area contributed by atoms with E-state index < -0.39 is 17.5 Å². The summed E-state index contributed by atoms with van der Waals surface area (Å²) >= 11 is 0. The van der Waals surface area contributed by atoms with Gasteiger partial charge in [0.15, 0.2) is 5.76 Å². The van der Waals surface area contributed by atoms with E-state index >= 15 is 0 Å². The van der Waals surface area contributed by atoms with E-state index in [1.54, 1.807) is 0 Å². The molecule has 1 aliphatic heterocycles. The molecule has 6 heteroatoms. The highest BCUT2D eigenvalue weighted by Gasteiger charge is 2.27. The zero-order chi connectivity index (χ0) is 14.3. The molecule has 1 amide bonds. The van der Waals surface area contributed by atoms with Gasteiger partial charge in [0.05, 0.1) is 17.8 Å². The first-order valence-electron chi connectivity index (χ1n) is 6.24. The average Bonchev–Trinajstić information content (AvgIpc) is 2.79. The Morgan fingerprint density at radius 1 is 1.40 bits per heavy atom. The first-order valence-corrected chi connectivity index (χ1v) is 6.24. The standard InChI is InChI=1S/C14H12F2N2O2/c1-8-10-4-5-18(7-13(10)20-17-8)14(19)11-3-2-9(15)6-12(11)16/h2-3,6H,4-5,7H2,1H3. The number of carbonyl (C=O) groups is 1. The first-order chi connectivity index (χ1) is 9.56. The lowest BCUT2D eigenvalue weighted by Crippen LogP contribution is -2.36. The van der Waals surface area contributed by atoms with E-state index in [9.17, 15) is 13.6 Å². The zero-order valence-electron chi connectivity index (χ0n) is 10.8. The highest BCUT2D eigenvalue weighted by molar-refractivity contribution is 5.94. The van der Waals surface area contributed by atoms with Crippen LogP contribution in [-0.4, -0.2) is 22.5 Å². The molecule has 2 heterocycles. The third-order valence-electron chi connectivity index (χ3n) is 3.48. The minimum absolute atomic E-state index is 0.133. The molecule has 0 saturated heterocycles. The SMILES string of the molecule is Cc1noc2c1CCN(C(=O)c1ccc(F)cc1F)C2. The maximum atomic E-state index is 13.6. The predicted octanol–water partition coefficient (Wildman–Crippen LogP) is 2.46. The van der Waals surface area contributed by atoms with Gasteiger partial charge in [-0.15, -0.1) is 0 Å². The number of benzene rings is 1. The van der Waals surface area contributed by atoms with E-state index in [0.717, 1.165) is 23.4 Å². The largest absolute Gasteiger partial charge is 0.359 e.